The summed E-state index contributed by atoms with van der Waals surface area (Å²) in [6.45, 7) is 5.50. The second kappa shape index (κ2) is 8.49. The van der Waals surface area contributed by atoms with Gasteiger partial charge in [0, 0.05) is 32.2 Å². The van der Waals surface area contributed by atoms with Gasteiger partial charge in [0.1, 0.15) is 6.04 Å². The molecule has 2 aromatic rings. The van der Waals surface area contributed by atoms with Crippen molar-refractivity contribution in [1.82, 2.24) is 14.5 Å². The smallest absolute Gasteiger partial charge is 0.243 e. The van der Waals surface area contributed by atoms with Crippen molar-refractivity contribution in [2.45, 2.75) is 43.7 Å². The van der Waals surface area contributed by atoms with Crippen LogP contribution in [-0.2, 0) is 14.8 Å². The Morgan fingerprint density at radius 2 is 1.67 bits per heavy atom. The summed E-state index contributed by atoms with van der Waals surface area (Å²) in [7, 11) is -3.55. The number of rotatable bonds is 6. The normalized spacial score (nSPS) is 19.4. The predicted molar refractivity (Wildman–Crippen MR) is 117 cm³/mol. The zero-order valence-corrected chi connectivity index (χ0v) is 18.4. The molecule has 1 saturated carbocycles. The summed E-state index contributed by atoms with van der Waals surface area (Å²) < 4.78 is 28.0. The van der Waals surface area contributed by atoms with Crippen molar-refractivity contribution in [2.24, 2.45) is 0 Å². The van der Waals surface area contributed by atoms with Gasteiger partial charge in [0.25, 0.3) is 0 Å². The van der Waals surface area contributed by atoms with Gasteiger partial charge in [0.05, 0.1) is 4.90 Å². The van der Waals surface area contributed by atoms with Crippen molar-refractivity contribution in [3.05, 3.63) is 65.2 Å². The molecule has 6 nitrogen and oxygen atoms in total. The average Bonchev–Trinajstić information content (AvgIpc) is 3.55. The van der Waals surface area contributed by atoms with Gasteiger partial charge in [0.2, 0.25) is 15.9 Å². The van der Waals surface area contributed by atoms with Gasteiger partial charge >= 0.3 is 0 Å². The molecule has 1 saturated heterocycles. The van der Waals surface area contributed by atoms with E-state index in [-0.39, 0.29) is 11.9 Å². The van der Waals surface area contributed by atoms with E-state index in [0.717, 1.165) is 29.5 Å². The Balaban J connectivity index is 1.51. The van der Waals surface area contributed by atoms with Crippen molar-refractivity contribution < 1.29 is 13.2 Å². The summed E-state index contributed by atoms with van der Waals surface area (Å²) in [4.78, 5) is 15.5. The van der Waals surface area contributed by atoms with Gasteiger partial charge in [-0.1, -0.05) is 42.5 Å². The Bertz CT molecular complexity index is 1010. The highest BCUT2D eigenvalue weighted by Gasteiger charge is 2.36. The van der Waals surface area contributed by atoms with Gasteiger partial charge in [-0.2, -0.15) is 4.31 Å². The van der Waals surface area contributed by atoms with Crippen LogP contribution in [0.1, 0.15) is 35.6 Å². The summed E-state index contributed by atoms with van der Waals surface area (Å²) >= 11 is 0. The molecule has 0 bridgehead atoms. The number of aryl methyl sites for hydroxylation is 2. The van der Waals surface area contributed by atoms with Crippen molar-refractivity contribution >= 4 is 15.9 Å². The zero-order valence-electron chi connectivity index (χ0n) is 17.5. The van der Waals surface area contributed by atoms with E-state index in [1.165, 1.54) is 0 Å². The van der Waals surface area contributed by atoms with Crippen molar-refractivity contribution in [3.8, 4) is 0 Å². The third-order valence-corrected chi connectivity index (χ3v) is 7.93. The van der Waals surface area contributed by atoms with E-state index in [2.05, 4.69) is 10.2 Å². The van der Waals surface area contributed by atoms with Gasteiger partial charge in [-0.15, -0.1) is 0 Å². The minimum Gasteiger partial charge on any atom is -0.352 e. The van der Waals surface area contributed by atoms with E-state index in [1.807, 2.05) is 56.3 Å². The van der Waals surface area contributed by atoms with Gasteiger partial charge in [0.15, 0.2) is 0 Å². The SMILES string of the molecule is Cc1ccc(C)c(S(=O)(=O)N2CCN(C(C(=O)NC3CC3)c3ccccc3)CC2)c1. The summed E-state index contributed by atoms with van der Waals surface area (Å²) in [6.07, 6.45) is 2.07. The molecule has 0 spiro atoms. The van der Waals surface area contributed by atoms with Gasteiger partial charge < -0.3 is 5.32 Å². The van der Waals surface area contributed by atoms with Crippen LogP contribution in [0.2, 0.25) is 0 Å². The molecule has 1 aliphatic carbocycles. The molecular weight excluding hydrogens is 398 g/mol. The van der Waals surface area contributed by atoms with Crippen LogP contribution in [-0.4, -0.2) is 55.8 Å². The third-order valence-electron chi connectivity index (χ3n) is 5.89. The molecule has 2 aromatic carbocycles. The van der Waals surface area contributed by atoms with E-state index in [4.69, 9.17) is 0 Å². The number of sulfonamides is 1. The first kappa shape index (κ1) is 21.0. The summed E-state index contributed by atoms with van der Waals surface area (Å²) in [5.41, 5.74) is 2.63. The monoisotopic (exact) mass is 427 g/mol. The Morgan fingerprint density at radius 1 is 1.00 bits per heavy atom. The minimum absolute atomic E-state index is 0.00883. The van der Waals surface area contributed by atoms with Crippen LogP contribution in [0.25, 0.3) is 0 Å². The van der Waals surface area contributed by atoms with E-state index >= 15 is 0 Å². The lowest BCUT2D eigenvalue weighted by Crippen LogP contribution is -2.52. The first-order chi connectivity index (χ1) is 14.4. The van der Waals surface area contributed by atoms with Gasteiger partial charge in [-0.25, -0.2) is 8.42 Å². The van der Waals surface area contributed by atoms with Crippen molar-refractivity contribution in [2.75, 3.05) is 26.2 Å². The number of hydrogen-bond donors (Lipinski definition) is 1. The van der Waals surface area contributed by atoms with Gasteiger partial charge in [-0.05, 0) is 49.4 Å². The molecule has 2 fully saturated rings. The highest BCUT2D eigenvalue weighted by atomic mass is 32.2. The van der Waals surface area contributed by atoms with Gasteiger partial charge in [-0.3, -0.25) is 9.69 Å². The van der Waals surface area contributed by atoms with Crippen LogP contribution < -0.4 is 5.32 Å². The molecule has 30 heavy (non-hydrogen) atoms. The number of benzene rings is 2. The fourth-order valence-electron chi connectivity index (χ4n) is 4.00. The molecule has 7 heteroatoms. The summed E-state index contributed by atoms with van der Waals surface area (Å²) in [5.74, 6) is 0.00883. The van der Waals surface area contributed by atoms with Crippen LogP contribution in [0, 0.1) is 13.8 Å². The summed E-state index contributed by atoms with van der Waals surface area (Å²) in [6, 6.07) is 15.2. The van der Waals surface area contributed by atoms with E-state index in [9.17, 15) is 13.2 Å². The van der Waals surface area contributed by atoms with Crippen LogP contribution in [0.5, 0.6) is 0 Å². The molecule has 1 heterocycles. The quantitative estimate of drug-likeness (QED) is 0.770. The number of piperazine rings is 1. The molecule has 160 valence electrons. The molecule has 1 N–H and O–H groups in total. The second-order valence-corrected chi connectivity index (χ2v) is 10.2. The third kappa shape index (κ3) is 4.43. The Labute approximate surface area is 178 Å². The Hall–Kier alpha value is -2.22. The molecule has 4 rings (SSSR count). The highest BCUT2D eigenvalue weighted by Crippen LogP contribution is 2.28. The lowest BCUT2D eigenvalue weighted by Gasteiger charge is -2.38. The number of carbonyl (C=O) groups excluding carboxylic acids is 1. The highest BCUT2D eigenvalue weighted by molar-refractivity contribution is 7.89. The number of amides is 1. The molecule has 1 unspecified atom stereocenters. The molecule has 1 amide bonds. The molecule has 1 atom stereocenters. The first-order valence-corrected chi connectivity index (χ1v) is 12.0. The van der Waals surface area contributed by atoms with E-state index < -0.39 is 16.1 Å². The van der Waals surface area contributed by atoms with Crippen molar-refractivity contribution in [3.63, 3.8) is 0 Å². The molecule has 0 aromatic heterocycles. The molecule has 0 radical (unpaired) electrons. The molecular formula is C23H29N3O3S. The first-order valence-electron chi connectivity index (χ1n) is 10.5. The number of hydrogen-bond acceptors (Lipinski definition) is 4. The van der Waals surface area contributed by atoms with Crippen molar-refractivity contribution in [1.29, 1.82) is 0 Å². The van der Waals surface area contributed by atoms with Crippen LogP contribution >= 0.6 is 0 Å². The molecule has 1 aliphatic heterocycles. The van der Waals surface area contributed by atoms with Crippen LogP contribution in [0.15, 0.2) is 53.4 Å². The summed E-state index contributed by atoms with van der Waals surface area (Å²) in [5, 5.41) is 3.12. The fourth-order valence-corrected chi connectivity index (χ4v) is 5.73. The zero-order chi connectivity index (χ0) is 21.3. The predicted octanol–water partition coefficient (Wildman–Crippen LogP) is 2.63. The second-order valence-electron chi connectivity index (χ2n) is 8.31. The van der Waals surface area contributed by atoms with E-state index in [1.54, 1.807) is 10.4 Å². The maximum absolute atomic E-state index is 13.2. The number of carbonyl (C=O) groups is 1. The maximum atomic E-state index is 13.2. The molecule has 2 aliphatic rings. The Morgan fingerprint density at radius 3 is 2.30 bits per heavy atom. The maximum Gasteiger partial charge on any atom is 0.243 e. The minimum atomic E-state index is -3.55. The van der Waals surface area contributed by atoms with Crippen LogP contribution in [0.4, 0.5) is 0 Å². The largest absolute Gasteiger partial charge is 0.352 e. The topological polar surface area (TPSA) is 69.7 Å². The fraction of sp³-hybridized carbons (Fsp3) is 0.435. The standard InChI is InChI=1S/C23H29N3O3S/c1-17-8-9-18(2)21(16-17)30(28,29)26-14-12-25(13-15-26)22(19-6-4-3-5-7-19)23(27)24-20-10-11-20/h3-9,16,20,22H,10-15H2,1-2H3,(H,24,27). The van der Waals surface area contributed by atoms with Crippen LogP contribution in [0.3, 0.4) is 0 Å². The van der Waals surface area contributed by atoms with E-state index in [0.29, 0.717) is 31.1 Å². The number of nitrogens with one attached hydrogen (secondary N) is 1. The Kier molecular flexibility index (Phi) is 5.95. The number of nitrogens with zero attached hydrogens (tertiary/aromatic N) is 2. The average molecular weight is 428 g/mol. The lowest BCUT2D eigenvalue weighted by molar-refractivity contribution is -0.127. The lowest BCUT2D eigenvalue weighted by atomic mass is 10.0.